The van der Waals surface area contributed by atoms with Crippen LogP contribution in [0, 0.1) is 17.2 Å². The number of nitriles is 1. The number of nitrogens with zero attached hydrogens (tertiary/aromatic N) is 3. The molecule has 0 aromatic heterocycles. The number of carbonyl (C=O) groups excluding carboxylic acids is 1. The molecule has 1 amide bonds. The molecule has 1 aliphatic heterocycles. The predicted octanol–water partition coefficient (Wildman–Crippen LogP) is 2.63. The minimum atomic E-state index is -3.64. The quantitative estimate of drug-likeness (QED) is 0.752. The lowest BCUT2D eigenvalue weighted by molar-refractivity contribution is -0.123. The van der Waals surface area contributed by atoms with Crippen molar-refractivity contribution in [3.8, 4) is 11.8 Å². The van der Waals surface area contributed by atoms with Crippen molar-refractivity contribution in [3.63, 3.8) is 0 Å². The van der Waals surface area contributed by atoms with Gasteiger partial charge in [0.05, 0.1) is 29.3 Å². The molecule has 0 N–H and O–H groups in total. The summed E-state index contributed by atoms with van der Waals surface area (Å²) in [7, 11) is -0.373. The van der Waals surface area contributed by atoms with Gasteiger partial charge >= 0.3 is 0 Å². The second-order valence-electron chi connectivity index (χ2n) is 6.88. The summed E-state index contributed by atoms with van der Waals surface area (Å²) in [5.41, 5.74) is 1.10. The number of benzene rings is 2. The van der Waals surface area contributed by atoms with Crippen molar-refractivity contribution in [1.82, 2.24) is 4.31 Å². The highest BCUT2D eigenvalue weighted by atomic mass is 32.2. The number of anilines is 1. The van der Waals surface area contributed by atoms with E-state index in [1.54, 1.807) is 25.1 Å². The summed E-state index contributed by atoms with van der Waals surface area (Å²) >= 11 is 0. The van der Waals surface area contributed by atoms with Crippen LogP contribution in [-0.4, -0.2) is 45.9 Å². The van der Waals surface area contributed by atoms with Gasteiger partial charge in [-0.2, -0.15) is 9.57 Å². The van der Waals surface area contributed by atoms with Crippen LogP contribution in [0.3, 0.4) is 0 Å². The molecule has 8 heteroatoms. The van der Waals surface area contributed by atoms with Crippen LogP contribution in [0.1, 0.15) is 18.4 Å². The van der Waals surface area contributed by atoms with Crippen molar-refractivity contribution in [2.75, 3.05) is 32.1 Å². The lowest BCUT2D eigenvalue weighted by Crippen LogP contribution is -2.43. The molecule has 1 heterocycles. The zero-order valence-corrected chi connectivity index (χ0v) is 17.2. The van der Waals surface area contributed by atoms with E-state index in [0.717, 1.165) is 0 Å². The molecule has 0 saturated carbocycles. The topological polar surface area (TPSA) is 90.7 Å². The fourth-order valence-corrected chi connectivity index (χ4v) is 4.96. The zero-order chi connectivity index (χ0) is 21.0. The number of hydrogen-bond donors (Lipinski definition) is 0. The summed E-state index contributed by atoms with van der Waals surface area (Å²) in [6.07, 6.45) is 0.904. The van der Waals surface area contributed by atoms with E-state index in [4.69, 9.17) is 10.00 Å². The second-order valence-corrected chi connectivity index (χ2v) is 8.82. The van der Waals surface area contributed by atoms with Gasteiger partial charge in [0.15, 0.2) is 0 Å². The number of sulfonamides is 1. The lowest BCUT2D eigenvalue weighted by atomic mass is 9.96. The van der Waals surface area contributed by atoms with Gasteiger partial charge in [-0.25, -0.2) is 8.42 Å². The zero-order valence-electron chi connectivity index (χ0n) is 16.4. The monoisotopic (exact) mass is 413 g/mol. The Morgan fingerprint density at radius 1 is 1.14 bits per heavy atom. The first kappa shape index (κ1) is 20.8. The maximum Gasteiger partial charge on any atom is 0.243 e. The Morgan fingerprint density at radius 2 is 1.76 bits per heavy atom. The van der Waals surface area contributed by atoms with Crippen LogP contribution in [0.5, 0.6) is 5.75 Å². The molecule has 152 valence electrons. The normalized spacial score (nSPS) is 15.5. The largest absolute Gasteiger partial charge is 0.495 e. The molecule has 0 spiro atoms. The van der Waals surface area contributed by atoms with E-state index in [1.165, 1.54) is 28.6 Å². The molecule has 7 nitrogen and oxygen atoms in total. The van der Waals surface area contributed by atoms with Gasteiger partial charge in [0.2, 0.25) is 15.9 Å². The van der Waals surface area contributed by atoms with Gasteiger partial charge in [-0.3, -0.25) is 4.79 Å². The van der Waals surface area contributed by atoms with Crippen molar-refractivity contribution >= 4 is 21.6 Å². The minimum Gasteiger partial charge on any atom is -0.495 e. The van der Waals surface area contributed by atoms with Crippen LogP contribution in [-0.2, 0) is 14.8 Å². The average molecular weight is 413 g/mol. The summed E-state index contributed by atoms with van der Waals surface area (Å²) in [6.45, 7) is 0.553. The first-order chi connectivity index (χ1) is 13.9. The van der Waals surface area contributed by atoms with Crippen LogP contribution in [0.2, 0.25) is 0 Å². The molecule has 2 aromatic rings. The highest BCUT2D eigenvalue weighted by Gasteiger charge is 2.33. The SMILES string of the molecule is COc1ccccc1N(C)C(=O)C1CCN(S(=O)(=O)c2ccc(C#N)cc2)CC1. The van der Waals surface area contributed by atoms with Crippen LogP contribution in [0.4, 0.5) is 5.69 Å². The third kappa shape index (κ3) is 4.26. The molecule has 0 aliphatic carbocycles. The molecular formula is C21H23N3O4S. The standard InChI is InChI=1S/C21H23N3O4S/c1-23(19-5-3-4-6-20(19)28-2)21(25)17-11-13-24(14-12-17)29(26,27)18-9-7-16(15-22)8-10-18/h3-10,17H,11-14H2,1-2H3. The van der Waals surface area contributed by atoms with Gasteiger partial charge in [-0.15, -0.1) is 0 Å². The predicted molar refractivity (Wildman–Crippen MR) is 109 cm³/mol. The number of para-hydroxylation sites is 2. The third-order valence-electron chi connectivity index (χ3n) is 5.20. The van der Waals surface area contributed by atoms with Crippen molar-refractivity contribution in [1.29, 1.82) is 5.26 Å². The second kappa shape index (κ2) is 8.64. The summed E-state index contributed by atoms with van der Waals surface area (Å²) in [5.74, 6) is 0.312. The third-order valence-corrected chi connectivity index (χ3v) is 7.11. The Hall–Kier alpha value is -2.89. The first-order valence-corrected chi connectivity index (χ1v) is 10.7. The molecular weight excluding hydrogens is 390 g/mol. The Bertz CT molecular complexity index is 1020. The number of hydrogen-bond acceptors (Lipinski definition) is 5. The Balaban J connectivity index is 1.68. The Morgan fingerprint density at radius 3 is 2.34 bits per heavy atom. The number of ether oxygens (including phenoxy) is 1. The van der Waals surface area contributed by atoms with Crippen LogP contribution in [0.15, 0.2) is 53.4 Å². The number of piperidine rings is 1. The highest BCUT2D eigenvalue weighted by Crippen LogP contribution is 2.30. The van der Waals surface area contributed by atoms with E-state index < -0.39 is 10.0 Å². The fraction of sp³-hybridized carbons (Fsp3) is 0.333. The van der Waals surface area contributed by atoms with Crippen molar-refractivity contribution in [3.05, 3.63) is 54.1 Å². The fourth-order valence-electron chi connectivity index (χ4n) is 3.49. The molecule has 0 radical (unpaired) electrons. The van der Waals surface area contributed by atoms with Crippen molar-refractivity contribution in [2.45, 2.75) is 17.7 Å². The molecule has 0 unspecified atom stereocenters. The van der Waals surface area contributed by atoms with Crippen molar-refractivity contribution < 1.29 is 17.9 Å². The highest BCUT2D eigenvalue weighted by molar-refractivity contribution is 7.89. The van der Waals surface area contributed by atoms with Gasteiger partial charge in [-0.1, -0.05) is 12.1 Å². The summed E-state index contributed by atoms with van der Waals surface area (Å²) < 4.78 is 32.4. The molecule has 1 aliphatic rings. The van der Waals surface area contributed by atoms with Gasteiger partial charge in [0.1, 0.15) is 5.75 Å². The molecule has 0 bridgehead atoms. The van der Waals surface area contributed by atoms with Gasteiger partial charge in [-0.05, 0) is 49.2 Å². The smallest absolute Gasteiger partial charge is 0.243 e. The maximum atomic E-state index is 12.9. The molecule has 3 rings (SSSR count). The van der Waals surface area contributed by atoms with E-state index in [-0.39, 0.29) is 29.8 Å². The number of rotatable bonds is 5. The number of carbonyl (C=O) groups is 1. The first-order valence-electron chi connectivity index (χ1n) is 9.29. The van der Waals surface area contributed by atoms with Crippen LogP contribution < -0.4 is 9.64 Å². The van der Waals surface area contributed by atoms with Crippen LogP contribution in [0.25, 0.3) is 0 Å². The maximum absolute atomic E-state index is 12.9. The minimum absolute atomic E-state index is 0.0510. The number of amides is 1. The van der Waals surface area contributed by atoms with E-state index in [2.05, 4.69) is 0 Å². The van der Waals surface area contributed by atoms with E-state index in [9.17, 15) is 13.2 Å². The Kier molecular flexibility index (Phi) is 6.20. The lowest BCUT2D eigenvalue weighted by Gasteiger charge is -2.32. The summed E-state index contributed by atoms with van der Waals surface area (Å²) in [4.78, 5) is 14.7. The summed E-state index contributed by atoms with van der Waals surface area (Å²) in [5, 5.41) is 8.87. The van der Waals surface area contributed by atoms with E-state index in [1.807, 2.05) is 24.3 Å². The Labute approximate surface area is 171 Å². The van der Waals surface area contributed by atoms with Crippen LogP contribution >= 0.6 is 0 Å². The molecule has 29 heavy (non-hydrogen) atoms. The summed E-state index contributed by atoms with van der Waals surface area (Å²) in [6, 6.07) is 15.1. The van der Waals surface area contributed by atoms with Gasteiger partial charge in [0, 0.05) is 26.1 Å². The number of methoxy groups -OCH3 is 1. The van der Waals surface area contributed by atoms with Crippen molar-refractivity contribution in [2.24, 2.45) is 5.92 Å². The average Bonchev–Trinajstić information content (AvgIpc) is 2.78. The van der Waals surface area contributed by atoms with Gasteiger partial charge in [0.25, 0.3) is 0 Å². The van der Waals surface area contributed by atoms with E-state index in [0.29, 0.717) is 29.8 Å². The molecule has 2 aromatic carbocycles. The molecule has 1 fully saturated rings. The molecule has 1 saturated heterocycles. The van der Waals surface area contributed by atoms with Gasteiger partial charge < -0.3 is 9.64 Å². The molecule has 0 atom stereocenters. The van der Waals surface area contributed by atoms with E-state index >= 15 is 0 Å².